The van der Waals surface area contributed by atoms with E-state index in [2.05, 4.69) is 151 Å². The molecule has 0 saturated heterocycles. The van der Waals surface area contributed by atoms with E-state index in [-0.39, 0.29) is 0 Å². The van der Waals surface area contributed by atoms with Crippen molar-refractivity contribution in [2.45, 2.75) is 29.5 Å². The number of rotatable bonds is 7. The van der Waals surface area contributed by atoms with Gasteiger partial charge in [0, 0.05) is 55.7 Å². The molecule has 10 rings (SSSR count). The van der Waals surface area contributed by atoms with Crippen molar-refractivity contribution in [3.63, 3.8) is 0 Å². The van der Waals surface area contributed by atoms with Crippen molar-refractivity contribution in [2.75, 3.05) is 10.6 Å². The summed E-state index contributed by atoms with van der Waals surface area (Å²) in [6.45, 7) is 2.31. The highest BCUT2D eigenvalue weighted by Gasteiger charge is 2.34. The number of para-hydroxylation sites is 2. The van der Waals surface area contributed by atoms with Gasteiger partial charge in [0.25, 0.3) is 0 Å². The molecule has 0 saturated carbocycles. The zero-order valence-electron chi connectivity index (χ0n) is 29.3. The van der Waals surface area contributed by atoms with Crippen molar-refractivity contribution < 1.29 is 8.83 Å². The third-order valence-electron chi connectivity index (χ3n) is 10.7. The fraction of sp³-hybridized carbons (Fsp3) is 0.0833. The van der Waals surface area contributed by atoms with E-state index in [1.54, 1.807) is 11.8 Å². The monoisotopic (exact) mass is 704 g/mol. The molecule has 0 fully saturated rings. The number of thioether (sulfide) groups is 1. The van der Waals surface area contributed by atoms with Gasteiger partial charge in [0.15, 0.2) is 5.58 Å². The topological polar surface area (TPSA) is 55.5 Å². The van der Waals surface area contributed by atoms with Gasteiger partial charge >= 0.3 is 0 Å². The van der Waals surface area contributed by atoms with Gasteiger partial charge in [-0.05, 0) is 71.1 Å². The lowest BCUT2D eigenvalue weighted by Gasteiger charge is -2.42. The smallest absolute Gasteiger partial charge is 0.159 e. The predicted octanol–water partition coefficient (Wildman–Crippen LogP) is 13.5. The zero-order chi connectivity index (χ0) is 35.5. The Balaban J connectivity index is 1.11. The maximum atomic E-state index is 6.80. The minimum atomic E-state index is -0.434. The van der Waals surface area contributed by atoms with E-state index in [4.69, 9.17) is 14.6 Å². The third kappa shape index (κ3) is 5.39. The second kappa shape index (κ2) is 12.5. The van der Waals surface area contributed by atoms with Crippen molar-refractivity contribution in [2.24, 2.45) is 0 Å². The molecule has 9 aromatic rings. The third-order valence-corrected chi connectivity index (χ3v) is 11.8. The lowest BCUT2D eigenvalue weighted by molar-refractivity contribution is 0.567. The van der Waals surface area contributed by atoms with Gasteiger partial charge in [-0.3, -0.25) is 0 Å². The standard InChI is InChI=1S/C48H36N2O2S/c1-48(25-23-33(24-26-48)36-17-9-14-32-13-5-6-15-35(32)36)50(34-21-22-38-37-16-7-8-20-43(37)51-44(38)27-34)42-19-10-18-39-40-28-46(41(49)29-45(40)52-47(39)42)53-30-31-11-3-2-4-12-31/h2-25,27-29H,26,30,49H2,1H3. The van der Waals surface area contributed by atoms with E-state index in [0.29, 0.717) is 0 Å². The first kappa shape index (κ1) is 31.6. The summed E-state index contributed by atoms with van der Waals surface area (Å²) in [6, 6.07) is 51.1. The van der Waals surface area contributed by atoms with E-state index >= 15 is 0 Å². The normalized spacial score (nSPS) is 15.9. The van der Waals surface area contributed by atoms with Gasteiger partial charge in [0.2, 0.25) is 0 Å². The molecule has 7 aromatic carbocycles. The number of hydrogen-bond acceptors (Lipinski definition) is 5. The second-order valence-electron chi connectivity index (χ2n) is 14.1. The molecule has 0 radical (unpaired) electrons. The number of allylic oxidation sites excluding steroid dienone is 2. The molecule has 2 aromatic heterocycles. The van der Waals surface area contributed by atoms with Crippen LogP contribution < -0.4 is 10.6 Å². The molecule has 1 atom stereocenters. The van der Waals surface area contributed by atoms with Crippen LogP contribution in [-0.2, 0) is 5.75 Å². The van der Waals surface area contributed by atoms with Crippen LogP contribution in [0.15, 0.2) is 178 Å². The number of furan rings is 2. The Kier molecular flexibility index (Phi) is 7.44. The Bertz CT molecular complexity index is 2910. The maximum Gasteiger partial charge on any atom is 0.159 e. The summed E-state index contributed by atoms with van der Waals surface area (Å²) in [4.78, 5) is 3.47. The number of benzene rings is 7. The number of nitrogens with two attached hydrogens (primary N) is 1. The van der Waals surface area contributed by atoms with Crippen LogP contribution in [0, 0.1) is 0 Å². The quantitative estimate of drug-likeness (QED) is 0.132. The molecule has 1 aliphatic carbocycles. The summed E-state index contributed by atoms with van der Waals surface area (Å²) in [5.74, 6) is 0.842. The summed E-state index contributed by atoms with van der Waals surface area (Å²) >= 11 is 1.75. The van der Waals surface area contributed by atoms with Gasteiger partial charge in [0.05, 0.1) is 11.2 Å². The zero-order valence-corrected chi connectivity index (χ0v) is 30.1. The Hall–Kier alpha value is -6.17. The van der Waals surface area contributed by atoms with Crippen LogP contribution in [0.4, 0.5) is 17.1 Å². The van der Waals surface area contributed by atoms with Crippen molar-refractivity contribution >= 4 is 89.0 Å². The van der Waals surface area contributed by atoms with Gasteiger partial charge in [-0.25, -0.2) is 0 Å². The number of hydrogen-bond donors (Lipinski definition) is 1. The Morgan fingerprint density at radius 3 is 2.26 bits per heavy atom. The largest absolute Gasteiger partial charge is 0.456 e. The molecule has 2 heterocycles. The molecular weight excluding hydrogens is 669 g/mol. The lowest BCUT2D eigenvalue weighted by atomic mass is 9.84. The fourth-order valence-electron chi connectivity index (χ4n) is 7.99. The van der Waals surface area contributed by atoms with Gasteiger partial charge in [-0.15, -0.1) is 11.8 Å². The number of nitrogens with zero attached hydrogens (tertiary/aromatic N) is 1. The van der Waals surface area contributed by atoms with Crippen LogP contribution in [0.2, 0.25) is 0 Å². The average molecular weight is 705 g/mol. The Labute approximate surface area is 311 Å². The van der Waals surface area contributed by atoms with E-state index in [9.17, 15) is 0 Å². The van der Waals surface area contributed by atoms with Crippen LogP contribution in [0.1, 0.15) is 24.5 Å². The van der Waals surface area contributed by atoms with Crippen LogP contribution in [0.5, 0.6) is 0 Å². The molecular formula is C48H36N2O2S. The predicted molar refractivity (Wildman–Crippen MR) is 224 cm³/mol. The van der Waals surface area contributed by atoms with Crippen molar-refractivity contribution in [1.29, 1.82) is 0 Å². The maximum absolute atomic E-state index is 6.80. The molecule has 5 heteroatoms. The van der Waals surface area contributed by atoms with Gasteiger partial charge in [-0.2, -0.15) is 0 Å². The van der Waals surface area contributed by atoms with Crippen LogP contribution >= 0.6 is 11.8 Å². The molecule has 256 valence electrons. The van der Waals surface area contributed by atoms with E-state index in [1.807, 2.05) is 24.3 Å². The Morgan fingerprint density at radius 2 is 1.40 bits per heavy atom. The fourth-order valence-corrected chi connectivity index (χ4v) is 8.93. The lowest BCUT2D eigenvalue weighted by Crippen LogP contribution is -2.42. The molecule has 1 unspecified atom stereocenters. The average Bonchev–Trinajstić information content (AvgIpc) is 3.75. The summed E-state index contributed by atoms with van der Waals surface area (Å²) in [7, 11) is 0. The van der Waals surface area contributed by atoms with Crippen molar-refractivity contribution in [3.05, 3.63) is 175 Å². The SMILES string of the molecule is CC1(N(c2ccc3c(c2)oc2ccccc23)c2cccc3c2oc2cc(N)c(SCc4ccccc4)cc23)C=CC(c2cccc3ccccc23)=CC1. The van der Waals surface area contributed by atoms with E-state index < -0.39 is 5.54 Å². The summed E-state index contributed by atoms with van der Waals surface area (Å²) in [5.41, 5.74) is 16.0. The minimum absolute atomic E-state index is 0.434. The number of fused-ring (bicyclic) bond motifs is 7. The highest BCUT2D eigenvalue weighted by Crippen LogP contribution is 2.47. The minimum Gasteiger partial charge on any atom is -0.456 e. The number of anilines is 3. The molecule has 0 spiro atoms. The van der Waals surface area contributed by atoms with Crippen molar-refractivity contribution in [3.8, 4) is 0 Å². The first-order valence-electron chi connectivity index (χ1n) is 18.0. The molecule has 53 heavy (non-hydrogen) atoms. The van der Waals surface area contributed by atoms with E-state index in [1.165, 1.54) is 27.5 Å². The van der Waals surface area contributed by atoms with Gasteiger partial charge in [-0.1, -0.05) is 121 Å². The van der Waals surface area contributed by atoms with Gasteiger partial charge in [0.1, 0.15) is 16.7 Å². The Morgan fingerprint density at radius 1 is 0.660 bits per heavy atom. The van der Waals surface area contributed by atoms with Crippen LogP contribution in [0.25, 0.3) is 60.2 Å². The van der Waals surface area contributed by atoms with Crippen LogP contribution in [-0.4, -0.2) is 5.54 Å². The van der Waals surface area contributed by atoms with Gasteiger partial charge < -0.3 is 19.5 Å². The molecule has 4 nitrogen and oxygen atoms in total. The molecule has 0 aliphatic heterocycles. The van der Waals surface area contributed by atoms with Crippen LogP contribution in [0.3, 0.4) is 0 Å². The summed E-state index contributed by atoms with van der Waals surface area (Å²) in [6.07, 6.45) is 7.80. The molecule has 0 amide bonds. The second-order valence-corrected chi connectivity index (χ2v) is 15.1. The first-order valence-corrected chi connectivity index (χ1v) is 19.0. The summed E-state index contributed by atoms with van der Waals surface area (Å²) < 4.78 is 13.2. The first-order chi connectivity index (χ1) is 26.0. The highest BCUT2D eigenvalue weighted by atomic mass is 32.2. The van der Waals surface area contributed by atoms with E-state index in [0.717, 1.165) is 78.0 Å². The molecule has 1 aliphatic rings. The molecule has 2 N–H and O–H groups in total. The molecule has 0 bridgehead atoms. The summed E-state index contributed by atoms with van der Waals surface area (Å²) in [5, 5.41) is 6.84. The van der Waals surface area contributed by atoms with Crippen molar-refractivity contribution in [1.82, 2.24) is 0 Å². The number of nitrogen functional groups attached to an aromatic ring is 1. The highest BCUT2D eigenvalue weighted by molar-refractivity contribution is 7.98.